The van der Waals surface area contributed by atoms with Gasteiger partial charge in [-0.1, -0.05) is 19.1 Å². The topological polar surface area (TPSA) is 29.1 Å². The maximum absolute atomic E-state index is 12.8. The SMILES string of the molecule is CCC1CC(=O)Nc2c1cccc2C(F)(F)F. The Kier molecular flexibility index (Phi) is 2.85. The van der Waals surface area contributed by atoms with Crippen molar-refractivity contribution in [1.29, 1.82) is 0 Å². The molecule has 0 spiro atoms. The Morgan fingerprint density at radius 1 is 1.41 bits per heavy atom. The Labute approximate surface area is 96.8 Å². The summed E-state index contributed by atoms with van der Waals surface area (Å²) >= 11 is 0. The molecule has 17 heavy (non-hydrogen) atoms. The van der Waals surface area contributed by atoms with Crippen LogP contribution in [0.2, 0.25) is 0 Å². The first-order valence-corrected chi connectivity index (χ1v) is 5.43. The normalized spacial score (nSPS) is 19.8. The number of para-hydroxylation sites is 1. The smallest absolute Gasteiger partial charge is 0.325 e. The molecule has 1 unspecified atom stereocenters. The van der Waals surface area contributed by atoms with E-state index in [0.29, 0.717) is 12.0 Å². The summed E-state index contributed by atoms with van der Waals surface area (Å²) in [5, 5.41) is 2.34. The van der Waals surface area contributed by atoms with Gasteiger partial charge < -0.3 is 5.32 Å². The summed E-state index contributed by atoms with van der Waals surface area (Å²) in [4.78, 5) is 11.4. The number of hydrogen-bond acceptors (Lipinski definition) is 1. The molecule has 1 atom stereocenters. The van der Waals surface area contributed by atoms with Crippen LogP contribution in [-0.4, -0.2) is 5.91 Å². The fraction of sp³-hybridized carbons (Fsp3) is 0.417. The zero-order valence-corrected chi connectivity index (χ0v) is 9.27. The highest BCUT2D eigenvalue weighted by molar-refractivity contribution is 5.95. The number of carbonyl (C=O) groups is 1. The minimum Gasteiger partial charge on any atom is -0.325 e. The van der Waals surface area contributed by atoms with Crippen molar-refractivity contribution in [2.75, 3.05) is 5.32 Å². The summed E-state index contributed by atoms with van der Waals surface area (Å²) in [7, 11) is 0. The quantitative estimate of drug-likeness (QED) is 0.803. The largest absolute Gasteiger partial charge is 0.418 e. The molecule has 1 aliphatic heterocycles. The first-order chi connectivity index (χ1) is 7.93. The predicted octanol–water partition coefficient (Wildman–Crippen LogP) is 3.54. The third kappa shape index (κ3) is 2.14. The average Bonchev–Trinajstić information content (AvgIpc) is 2.25. The first-order valence-electron chi connectivity index (χ1n) is 5.43. The second-order valence-corrected chi connectivity index (χ2v) is 4.13. The van der Waals surface area contributed by atoms with Gasteiger partial charge in [-0.15, -0.1) is 0 Å². The summed E-state index contributed by atoms with van der Waals surface area (Å²) in [5.74, 6) is -0.470. The Morgan fingerprint density at radius 2 is 2.12 bits per heavy atom. The number of benzene rings is 1. The van der Waals surface area contributed by atoms with Crippen LogP contribution < -0.4 is 5.32 Å². The highest BCUT2D eigenvalue weighted by Gasteiger charge is 2.37. The third-order valence-corrected chi connectivity index (χ3v) is 3.03. The van der Waals surface area contributed by atoms with Crippen LogP contribution in [0.5, 0.6) is 0 Å². The molecule has 0 bridgehead atoms. The van der Waals surface area contributed by atoms with Crippen molar-refractivity contribution in [3.63, 3.8) is 0 Å². The van der Waals surface area contributed by atoms with Gasteiger partial charge in [0.2, 0.25) is 5.91 Å². The summed E-state index contributed by atoms with van der Waals surface area (Å²) < 4.78 is 38.3. The lowest BCUT2D eigenvalue weighted by Crippen LogP contribution is -2.25. The fourth-order valence-corrected chi connectivity index (χ4v) is 2.17. The van der Waals surface area contributed by atoms with Crippen molar-refractivity contribution in [3.05, 3.63) is 29.3 Å². The fourth-order valence-electron chi connectivity index (χ4n) is 2.17. The molecule has 0 aromatic heterocycles. The van der Waals surface area contributed by atoms with Gasteiger partial charge in [0.25, 0.3) is 0 Å². The molecule has 0 radical (unpaired) electrons. The highest BCUT2D eigenvalue weighted by atomic mass is 19.4. The summed E-state index contributed by atoms with van der Waals surface area (Å²) in [6, 6.07) is 4.04. The molecule has 1 aromatic carbocycles. The zero-order valence-electron chi connectivity index (χ0n) is 9.27. The second kappa shape index (κ2) is 4.05. The second-order valence-electron chi connectivity index (χ2n) is 4.13. The average molecular weight is 243 g/mol. The summed E-state index contributed by atoms with van der Waals surface area (Å²) in [6.45, 7) is 1.87. The van der Waals surface area contributed by atoms with Gasteiger partial charge in [-0.2, -0.15) is 13.2 Å². The molecule has 0 fully saturated rings. The van der Waals surface area contributed by atoms with E-state index in [1.807, 2.05) is 6.92 Å². The van der Waals surface area contributed by atoms with E-state index in [0.717, 1.165) is 6.07 Å². The molecule has 5 heteroatoms. The monoisotopic (exact) mass is 243 g/mol. The number of nitrogens with one attached hydrogen (secondary N) is 1. The molecule has 2 nitrogen and oxygen atoms in total. The van der Waals surface area contributed by atoms with Crippen molar-refractivity contribution in [2.45, 2.75) is 31.9 Å². The molecule has 2 rings (SSSR count). The third-order valence-electron chi connectivity index (χ3n) is 3.03. The number of alkyl halides is 3. The number of anilines is 1. The lowest BCUT2D eigenvalue weighted by molar-refractivity contribution is -0.137. The highest BCUT2D eigenvalue weighted by Crippen LogP contribution is 2.42. The molecule has 1 heterocycles. The van der Waals surface area contributed by atoms with Crippen LogP contribution in [0.4, 0.5) is 18.9 Å². The van der Waals surface area contributed by atoms with Gasteiger partial charge in [-0.25, -0.2) is 0 Å². The van der Waals surface area contributed by atoms with Gasteiger partial charge in [0.15, 0.2) is 0 Å². The first kappa shape index (κ1) is 12.0. The van der Waals surface area contributed by atoms with Gasteiger partial charge in [0, 0.05) is 6.42 Å². The number of amides is 1. The standard InChI is InChI=1S/C12H12F3NO/c1-2-7-6-10(17)16-11-8(7)4-3-5-9(11)12(13,14)15/h3-5,7H,2,6H2,1H3,(H,16,17). The van der Waals surface area contributed by atoms with E-state index in [-0.39, 0.29) is 23.9 Å². The Hall–Kier alpha value is -1.52. The molecule has 1 N–H and O–H groups in total. The van der Waals surface area contributed by atoms with Crippen molar-refractivity contribution in [3.8, 4) is 0 Å². The van der Waals surface area contributed by atoms with Gasteiger partial charge in [0.1, 0.15) is 0 Å². The predicted molar refractivity (Wildman–Crippen MR) is 57.7 cm³/mol. The van der Waals surface area contributed by atoms with Crippen LogP contribution in [0.15, 0.2) is 18.2 Å². The minimum absolute atomic E-state index is 0.0666. The number of halogens is 3. The van der Waals surface area contributed by atoms with E-state index < -0.39 is 11.7 Å². The maximum atomic E-state index is 12.8. The molecule has 0 saturated carbocycles. The molecular formula is C12H12F3NO. The maximum Gasteiger partial charge on any atom is 0.418 e. The number of carbonyl (C=O) groups excluding carboxylic acids is 1. The van der Waals surface area contributed by atoms with Crippen molar-refractivity contribution in [2.24, 2.45) is 0 Å². The van der Waals surface area contributed by atoms with Crippen molar-refractivity contribution in [1.82, 2.24) is 0 Å². The van der Waals surface area contributed by atoms with Crippen LogP contribution >= 0.6 is 0 Å². The summed E-state index contributed by atoms with van der Waals surface area (Å²) in [6.07, 6.45) is -3.53. The van der Waals surface area contributed by atoms with Gasteiger partial charge in [-0.05, 0) is 24.0 Å². The number of fused-ring (bicyclic) bond motifs is 1. The van der Waals surface area contributed by atoms with Crippen LogP contribution in [-0.2, 0) is 11.0 Å². The molecule has 1 aromatic rings. The molecular weight excluding hydrogens is 231 g/mol. The van der Waals surface area contributed by atoms with E-state index in [9.17, 15) is 18.0 Å². The van der Waals surface area contributed by atoms with Crippen LogP contribution in [0.1, 0.15) is 36.8 Å². The van der Waals surface area contributed by atoms with Gasteiger partial charge in [0.05, 0.1) is 11.3 Å². The lowest BCUT2D eigenvalue weighted by Gasteiger charge is -2.27. The Bertz CT molecular complexity index is 454. The van der Waals surface area contributed by atoms with E-state index in [2.05, 4.69) is 5.32 Å². The number of hydrogen-bond donors (Lipinski definition) is 1. The zero-order chi connectivity index (χ0) is 12.6. The minimum atomic E-state index is -4.44. The van der Waals surface area contributed by atoms with Gasteiger partial charge >= 0.3 is 6.18 Å². The molecule has 0 saturated heterocycles. The van der Waals surface area contributed by atoms with Crippen LogP contribution in [0.3, 0.4) is 0 Å². The van der Waals surface area contributed by atoms with Crippen LogP contribution in [0, 0.1) is 0 Å². The van der Waals surface area contributed by atoms with E-state index in [4.69, 9.17) is 0 Å². The molecule has 1 aliphatic rings. The molecule has 1 amide bonds. The van der Waals surface area contributed by atoms with Crippen LogP contribution in [0.25, 0.3) is 0 Å². The lowest BCUT2D eigenvalue weighted by atomic mass is 9.87. The molecule has 0 aliphatic carbocycles. The van der Waals surface area contributed by atoms with E-state index in [1.54, 1.807) is 6.07 Å². The number of rotatable bonds is 1. The Balaban J connectivity index is 2.57. The van der Waals surface area contributed by atoms with Gasteiger partial charge in [-0.3, -0.25) is 4.79 Å². The van der Waals surface area contributed by atoms with E-state index in [1.165, 1.54) is 6.07 Å². The molecule has 92 valence electrons. The summed E-state index contributed by atoms with van der Waals surface area (Å²) in [5.41, 5.74) is -0.244. The Morgan fingerprint density at radius 3 is 2.71 bits per heavy atom. The van der Waals surface area contributed by atoms with E-state index >= 15 is 0 Å². The van der Waals surface area contributed by atoms with Crippen molar-refractivity contribution < 1.29 is 18.0 Å². The van der Waals surface area contributed by atoms with Crippen molar-refractivity contribution >= 4 is 11.6 Å².